The van der Waals surface area contributed by atoms with Crippen molar-refractivity contribution in [1.82, 2.24) is 19.4 Å². The topological polar surface area (TPSA) is 139 Å². The van der Waals surface area contributed by atoms with Gasteiger partial charge in [-0.05, 0) is 38.5 Å². The maximum Gasteiger partial charge on any atom is 0.508 e. The molecule has 36 heavy (non-hydrogen) atoms. The number of benzene rings is 1. The summed E-state index contributed by atoms with van der Waals surface area (Å²) in [6, 6.07) is 4.45. The van der Waals surface area contributed by atoms with Crippen LogP contribution in [-0.2, 0) is 33.0 Å². The first-order valence-corrected chi connectivity index (χ1v) is 12.6. The Kier molecular flexibility index (Phi) is 9.13. The van der Waals surface area contributed by atoms with E-state index in [1.54, 1.807) is 38.4 Å². The number of rotatable bonds is 9. The van der Waals surface area contributed by atoms with Crippen LogP contribution in [0.2, 0.25) is 0 Å². The number of carbonyl (C=O) groups excluding carboxylic acids is 2. The number of pyridine rings is 1. The Morgan fingerprint density at radius 1 is 1.25 bits per heavy atom. The molecule has 0 aliphatic carbocycles. The minimum atomic E-state index is -1.75. The highest BCUT2D eigenvalue weighted by atomic mass is 32.2. The molecule has 3 rings (SSSR count). The van der Waals surface area contributed by atoms with Gasteiger partial charge >= 0.3 is 17.3 Å². The van der Waals surface area contributed by atoms with E-state index in [0.29, 0.717) is 28.0 Å². The van der Waals surface area contributed by atoms with Crippen molar-refractivity contribution in [3.8, 4) is 5.75 Å². The lowest BCUT2D eigenvalue weighted by Gasteiger charge is -2.19. The van der Waals surface area contributed by atoms with Gasteiger partial charge in [0.05, 0.1) is 43.6 Å². The zero-order valence-electron chi connectivity index (χ0n) is 20.9. The predicted molar refractivity (Wildman–Crippen MR) is 132 cm³/mol. The van der Waals surface area contributed by atoms with E-state index < -0.39 is 23.4 Å². The highest BCUT2D eigenvalue weighted by Crippen LogP contribution is 2.28. The second kappa shape index (κ2) is 12.1. The molecular weight excluding hydrogens is 488 g/mol. The van der Waals surface area contributed by atoms with Crippen molar-refractivity contribution in [3.63, 3.8) is 0 Å². The molecule has 2 heterocycles. The molecule has 0 aliphatic rings. The molecule has 0 saturated carbocycles. The van der Waals surface area contributed by atoms with Crippen LogP contribution < -0.4 is 4.74 Å². The minimum Gasteiger partial charge on any atom is -0.609 e. The lowest BCUT2D eigenvalue weighted by molar-refractivity contribution is 0.0550. The molecule has 0 saturated heterocycles. The Balaban J connectivity index is 1.94. The summed E-state index contributed by atoms with van der Waals surface area (Å²) in [6.45, 7) is 5.35. The number of ether oxygens (including phenoxy) is 3. The first kappa shape index (κ1) is 27.2. The molecule has 1 amide bonds. The Bertz CT molecular complexity index is 1250. The molecule has 0 radical (unpaired) electrons. The predicted octanol–water partition coefficient (Wildman–Crippen LogP) is 2.93. The fraction of sp³-hybridized carbons (Fsp3) is 0.417. The van der Waals surface area contributed by atoms with Gasteiger partial charge in [0.15, 0.2) is 5.75 Å². The SMILES string of the molecule is CCOC(=O)OCCN(C)C(=O)n1c([S+]([O-])Cc2ncc(C)c(OC)c2C)nc2cc(CO)ccc21. The van der Waals surface area contributed by atoms with Crippen LogP contribution >= 0.6 is 0 Å². The van der Waals surface area contributed by atoms with Crippen LogP contribution in [0.3, 0.4) is 0 Å². The van der Waals surface area contributed by atoms with Crippen LogP contribution in [0.15, 0.2) is 29.6 Å². The summed E-state index contributed by atoms with van der Waals surface area (Å²) in [5.74, 6) is 0.678. The summed E-state index contributed by atoms with van der Waals surface area (Å²) >= 11 is -1.75. The quantitative estimate of drug-likeness (QED) is 0.334. The summed E-state index contributed by atoms with van der Waals surface area (Å²) in [7, 11) is 3.10. The van der Waals surface area contributed by atoms with E-state index in [9.17, 15) is 19.2 Å². The van der Waals surface area contributed by atoms with Gasteiger partial charge in [0.2, 0.25) is 0 Å². The average Bonchev–Trinajstić information content (AvgIpc) is 3.24. The standard InChI is InChI=1S/C24H30N4O7S/c1-6-34-24(31)35-10-9-27(4)23(30)28-20-8-7-17(13-29)11-18(20)26-22(28)36(32)14-19-16(3)21(33-5)15(2)12-25-19/h7-8,11-12,29H,6,9-10,13-14H2,1-5H3. The second-order valence-corrected chi connectivity index (χ2v) is 9.33. The minimum absolute atomic E-state index is 0.0155. The van der Waals surface area contributed by atoms with Crippen molar-refractivity contribution in [1.29, 1.82) is 0 Å². The van der Waals surface area contributed by atoms with Crippen LogP contribution in [0.5, 0.6) is 5.75 Å². The van der Waals surface area contributed by atoms with Crippen molar-refractivity contribution in [2.45, 2.75) is 38.3 Å². The smallest absolute Gasteiger partial charge is 0.508 e. The number of carbonyl (C=O) groups is 2. The normalized spacial score (nSPS) is 11.9. The van der Waals surface area contributed by atoms with Gasteiger partial charge in [-0.1, -0.05) is 6.07 Å². The fourth-order valence-electron chi connectivity index (χ4n) is 3.64. The number of hydrogen-bond donors (Lipinski definition) is 1. The maximum atomic E-state index is 13.5. The molecule has 3 aromatic rings. The van der Waals surface area contributed by atoms with E-state index in [-0.39, 0.29) is 37.3 Å². The molecule has 1 N–H and O–H groups in total. The maximum absolute atomic E-state index is 13.5. The van der Waals surface area contributed by atoms with Crippen LogP contribution in [0.4, 0.5) is 9.59 Å². The van der Waals surface area contributed by atoms with Crippen LogP contribution in [-0.4, -0.2) is 75.2 Å². The third-order valence-corrected chi connectivity index (χ3v) is 6.74. The molecule has 0 spiro atoms. The third kappa shape index (κ3) is 5.89. The molecule has 2 aromatic heterocycles. The summed E-state index contributed by atoms with van der Waals surface area (Å²) < 4.78 is 29.9. The Labute approximate surface area is 212 Å². The summed E-state index contributed by atoms with van der Waals surface area (Å²) in [5, 5.41) is 9.56. The molecule has 0 aliphatic heterocycles. The first-order chi connectivity index (χ1) is 17.2. The molecule has 194 valence electrons. The zero-order chi connectivity index (χ0) is 26.4. The largest absolute Gasteiger partial charge is 0.609 e. The summed E-state index contributed by atoms with van der Waals surface area (Å²) in [6.07, 6.45) is 0.832. The van der Waals surface area contributed by atoms with Gasteiger partial charge in [0, 0.05) is 35.5 Å². The Morgan fingerprint density at radius 2 is 2.00 bits per heavy atom. The van der Waals surface area contributed by atoms with E-state index in [0.717, 1.165) is 11.1 Å². The number of hydrogen-bond acceptors (Lipinski definition) is 9. The van der Waals surface area contributed by atoms with Crippen molar-refractivity contribution >= 4 is 34.4 Å². The number of likely N-dealkylation sites (N-methyl/N-ethyl adjacent to an activating group) is 1. The molecule has 0 bridgehead atoms. The molecule has 1 unspecified atom stereocenters. The average molecular weight is 519 g/mol. The fourth-order valence-corrected chi connectivity index (χ4v) is 4.89. The number of aryl methyl sites for hydroxylation is 1. The Morgan fingerprint density at radius 3 is 2.67 bits per heavy atom. The third-order valence-electron chi connectivity index (χ3n) is 5.52. The number of imidazole rings is 1. The van der Waals surface area contributed by atoms with E-state index >= 15 is 0 Å². The molecule has 1 atom stereocenters. The van der Waals surface area contributed by atoms with Crippen LogP contribution in [0.25, 0.3) is 11.0 Å². The molecule has 0 fully saturated rings. The van der Waals surface area contributed by atoms with E-state index in [4.69, 9.17) is 14.2 Å². The van der Waals surface area contributed by atoms with Gasteiger partial charge in [-0.3, -0.25) is 4.98 Å². The van der Waals surface area contributed by atoms with Gasteiger partial charge < -0.3 is 28.8 Å². The molecule has 12 heteroatoms. The number of fused-ring (bicyclic) bond motifs is 1. The summed E-state index contributed by atoms with van der Waals surface area (Å²) in [4.78, 5) is 35.1. The van der Waals surface area contributed by atoms with Gasteiger partial charge in [-0.2, -0.15) is 4.98 Å². The Hall–Kier alpha value is -3.35. The highest BCUT2D eigenvalue weighted by Gasteiger charge is 2.29. The van der Waals surface area contributed by atoms with Crippen molar-refractivity contribution in [2.24, 2.45) is 0 Å². The number of aliphatic hydroxyl groups is 1. The number of nitrogens with zero attached hydrogens (tertiary/aromatic N) is 4. The lowest BCUT2D eigenvalue weighted by Crippen LogP contribution is -2.35. The lowest BCUT2D eigenvalue weighted by atomic mass is 10.1. The van der Waals surface area contributed by atoms with Crippen molar-refractivity contribution in [3.05, 3.63) is 46.8 Å². The number of aromatic nitrogens is 3. The summed E-state index contributed by atoms with van der Waals surface area (Å²) in [5.41, 5.74) is 3.64. The zero-order valence-corrected chi connectivity index (χ0v) is 21.8. The van der Waals surface area contributed by atoms with Gasteiger partial charge in [-0.25, -0.2) is 14.2 Å². The van der Waals surface area contributed by atoms with Crippen LogP contribution in [0, 0.1) is 13.8 Å². The number of methoxy groups -OCH3 is 1. The van der Waals surface area contributed by atoms with E-state index in [1.165, 1.54) is 16.5 Å². The first-order valence-electron chi connectivity index (χ1n) is 11.3. The highest BCUT2D eigenvalue weighted by molar-refractivity contribution is 7.90. The molecular formula is C24H30N4O7S. The van der Waals surface area contributed by atoms with Crippen LogP contribution in [0.1, 0.15) is 29.3 Å². The van der Waals surface area contributed by atoms with E-state index in [1.807, 2.05) is 13.8 Å². The number of aliphatic hydroxyl groups excluding tert-OH is 1. The van der Waals surface area contributed by atoms with Gasteiger partial charge in [-0.15, -0.1) is 0 Å². The van der Waals surface area contributed by atoms with Gasteiger partial charge in [0.1, 0.15) is 12.4 Å². The number of amides is 1. The molecule has 1 aromatic carbocycles. The monoisotopic (exact) mass is 518 g/mol. The second-order valence-electron chi connectivity index (χ2n) is 7.98. The van der Waals surface area contributed by atoms with Crippen molar-refractivity contribution in [2.75, 3.05) is 33.9 Å². The molecule has 11 nitrogen and oxygen atoms in total. The van der Waals surface area contributed by atoms with Gasteiger partial charge in [0.25, 0.3) is 0 Å². The van der Waals surface area contributed by atoms with Crippen molar-refractivity contribution < 1.29 is 33.5 Å². The van der Waals surface area contributed by atoms with E-state index in [2.05, 4.69) is 9.97 Å².